The van der Waals surface area contributed by atoms with E-state index in [1.807, 2.05) is 6.07 Å². The zero-order valence-electron chi connectivity index (χ0n) is 8.74. The van der Waals surface area contributed by atoms with Crippen LogP contribution in [0, 0.1) is 11.3 Å². The first-order chi connectivity index (χ1) is 7.67. The molecule has 0 aromatic heterocycles. The number of alkyl halides is 2. The molecular weight excluding hydrogens is 216 g/mol. The summed E-state index contributed by atoms with van der Waals surface area (Å²) >= 11 is 0. The van der Waals surface area contributed by atoms with E-state index in [0.717, 1.165) is 0 Å². The van der Waals surface area contributed by atoms with Crippen LogP contribution in [0.4, 0.5) is 8.78 Å². The molecule has 0 saturated carbocycles. The molecule has 16 heavy (non-hydrogen) atoms. The van der Waals surface area contributed by atoms with E-state index >= 15 is 0 Å². The standard InChI is InChI=1S/C11H11F2NO2/c1-2-15-10-5-8(6-14)3-4-9(10)16-7-11(12)13/h3-5,11H,2,7H2,1H3. The quantitative estimate of drug-likeness (QED) is 0.776. The Morgan fingerprint density at radius 2 is 2.06 bits per heavy atom. The SMILES string of the molecule is CCOc1cc(C#N)ccc1OCC(F)F. The monoisotopic (exact) mass is 227 g/mol. The second-order valence-corrected chi connectivity index (χ2v) is 2.91. The van der Waals surface area contributed by atoms with Crippen LogP contribution in [0.3, 0.4) is 0 Å². The second kappa shape index (κ2) is 5.91. The Hall–Kier alpha value is -1.83. The Labute approximate surface area is 92.2 Å². The summed E-state index contributed by atoms with van der Waals surface area (Å²) in [6, 6.07) is 6.34. The molecule has 1 aromatic carbocycles. The topological polar surface area (TPSA) is 42.2 Å². The van der Waals surface area contributed by atoms with Gasteiger partial charge < -0.3 is 9.47 Å². The highest BCUT2D eigenvalue weighted by Crippen LogP contribution is 2.28. The zero-order chi connectivity index (χ0) is 12.0. The van der Waals surface area contributed by atoms with E-state index < -0.39 is 13.0 Å². The van der Waals surface area contributed by atoms with Crippen LogP contribution in [0.25, 0.3) is 0 Å². The summed E-state index contributed by atoms with van der Waals surface area (Å²) in [6.45, 7) is 1.45. The fourth-order valence-corrected chi connectivity index (χ4v) is 1.12. The van der Waals surface area contributed by atoms with Gasteiger partial charge in [0.05, 0.1) is 18.2 Å². The average molecular weight is 227 g/mol. The molecule has 0 heterocycles. The van der Waals surface area contributed by atoms with Crippen molar-refractivity contribution in [1.29, 1.82) is 5.26 Å². The third-order valence-electron chi connectivity index (χ3n) is 1.74. The molecule has 0 radical (unpaired) electrons. The minimum Gasteiger partial charge on any atom is -0.490 e. The summed E-state index contributed by atoms with van der Waals surface area (Å²) in [4.78, 5) is 0. The van der Waals surface area contributed by atoms with Gasteiger partial charge in [-0.3, -0.25) is 0 Å². The normalized spacial score (nSPS) is 9.94. The molecule has 0 atom stereocenters. The van der Waals surface area contributed by atoms with E-state index in [2.05, 4.69) is 0 Å². The molecule has 5 heteroatoms. The van der Waals surface area contributed by atoms with Crippen molar-refractivity contribution in [2.24, 2.45) is 0 Å². The fraction of sp³-hybridized carbons (Fsp3) is 0.364. The molecule has 0 aliphatic heterocycles. The number of hydrogen-bond acceptors (Lipinski definition) is 3. The van der Waals surface area contributed by atoms with E-state index in [4.69, 9.17) is 14.7 Å². The van der Waals surface area contributed by atoms with Gasteiger partial charge in [0.1, 0.15) is 6.61 Å². The van der Waals surface area contributed by atoms with Crippen molar-refractivity contribution in [2.45, 2.75) is 13.3 Å². The number of nitriles is 1. The molecule has 0 fully saturated rings. The fourth-order valence-electron chi connectivity index (χ4n) is 1.12. The summed E-state index contributed by atoms with van der Waals surface area (Å²) in [6.07, 6.45) is -2.54. The maximum atomic E-state index is 12.0. The zero-order valence-corrected chi connectivity index (χ0v) is 8.74. The third-order valence-corrected chi connectivity index (χ3v) is 1.74. The first-order valence-electron chi connectivity index (χ1n) is 4.75. The Morgan fingerprint density at radius 1 is 1.31 bits per heavy atom. The highest BCUT2D eigenvalue weighted by Gasteiger charge is 2.09. The molecular formula is C11H11F2NO2. The Morgan fingerprint density at radius 3 is 2.62 bits per heavy atom. The number of nitrogens with zero attached hydrogens (tertiary/aromatic N) is 1. The van der Waals surface area contributed by atoms with Gasteiger partial charge in [0.15, 0.2) is 11.5 Å². The highest BCUT2D eigenvalue weighted by atomic mass is 19.3. The van der Waals surface area contributed by atoms with Gasteiger partial charge in [-0.05, 0) is 19.1 Å². The first kappa shape index (κ1) is 12.2. The maximum absolute atomic E-state index is 12.0. The van der Waals surface area contributed by atoms with Gasteiger partial charge >= 0.3 is 0 Å². The summed E-state index contributed by atoms with van der Waals surface area (Å²) in [5.41, 5.74) is 0.396. The minimum absolute atomic E-state index is 0.223. The summed E-state index contributed by atoms with van der Waals surface area (Å²) in [5, 5.41) is 8.67. The van der Waals surface area contributed by atoms with Gasteiger partial charge in [-0.25, -0.2) is 8.78 Å². The van der Waals surface area contributed by atoms with Crippen LogP contribution in [0.2, 0.25) is 0 Å². The van der Waals surface area contributed by atoms with E-state index in [-0.39, 0.29) is 5.75 Å². The van der Waals surface area contributed by atoms with Gasteiger partial charge in [-0.1, -0.05) is 0 Å². The number of halogens is 2. The highest BCUT2D eigenvalue weighted by molar-refractivity contribution is 5.46. The van der Waals surface area contributed by atoms with E-state index in [1.165, 1.54) is 18.2 Å². The predicted molar refractivity (Wildman–Crippen MR) is 53.8 cm³/mol. The van der Waals surface area contributed by atoms with Gasteiger partial charge in [0.2, 0.25) is 0 Å². The van der Waals surface area contributed by atoms with Crippen molar-refractivity contribution in [3.63, 3.8) is 0 Å². The number of benzene rings is 1. The molecule has 0 bridgehead atoms. The van der Waals surface area contributed by atoms with Crippen LogP contribution in [0.1, 0.15) is 12.5 Å². The Balaban J connectivity index is 2.85. The lowest BCUT2D eigenvalue weighted by atomic mass is 10.2. The summed E-state index contributed by atoms with van der Waals surface area (Å²) < 4.78 is 34.0. The summed E-state index contributed by atoms with van der Waals surface area (Å²) in [7, 11) is 0. The second-order valence-electron chi connectivity index (χ2n) is 2.91. The van der Waals surface area contributed by atoms with Gasteiger partial charge in [-0.15, -0.1) is 0 Å². The molecule has 0 spiro atoms. The van der Waals surface area contributed by atoms with E-state index in [1.54, 1.807) is 6.92 Å². The van der Waals surface area contributed by atoms with Crippen LogP contribution >= 0.6 is 0 Å². The molecule has 3 nitrogen and oxygen atoms in total. The van der Waals surface area contributed by atoms with Gasteiger partial charge in [0.25, 0.3) is 6.43 Å². The van der Waals surface area contributed by atoms with Crippen LogP contribution in [0.5, 0.6) is 11.5 Å². The van der Waals surface area contributed by atoms with Gasteiger partial charge in [-0.2, -0.15) is 5.26 Å². The van der Waals surface area contributed by atoms with Crippen LogP contribution in [-0.2, 0) is 0 Å². The van der Waals surface area contributed by atoms with Crippen LogP contribution < -0.4 is 9.47 Å². The van der Waals surface area contributed by atoms with E-state index in [9.17, 15) is 8.78 Å². The van der Waals surface area contributed by atoms with Crippen molar-refractivity contribution in [3.05, 3.63) is 23.8 Å². The lowest BCUT2D eigenvalue weighted by Gasteiger charge is -2.11. The molecule has 0 aliphatic carbocycles. The largest absolute Gasteiger partial charge is 0.490 e. The molecule has 0 aliphatic rings. The van der Waals surface area contributed by atoms with E-state index in [0.29, 0.717) is 17.9 Å². The maximum Gasteiger partial charge on any atom is 0.272 e. The predicted octanol–water partition coefficient (Wildman–Crippen LogP) is 2.60. The molecule has 0 N–H and O–H groups in total. The lowest BCUT2D eigenvalue weighted by Crippen LogP contribution is -2.08. The Bertz CT molecular complexity index is 388. The van der Waals surface area contributed by atoms with Crippen molar-refractivity contribution in [2.75, 3.05) is 13.2 Å². The first-order valence-corrected chi connectivity index (χ1v) is 4.75. The average Bonchev–Trinajstić information content (AvgIpc) is 2.27. The lowest BCUT2D eigenvalue weighted by molar-refractivity contribution is 0.0801. The van der Waals surface area contributed by atoms with Crippen molar-refractivity contribution in [1.82, 2.24) is 0 Å². The smallest absolute Gasteiger partial charge is 0.272 e. The number of ether oxygens (including phenoxy) is 2. The third kappa shape index (κ3) is 3.39. The molecule has 0 saturated heterocycles. The Kier molecular flexibility index (Phi) is 4.52. The molecule has 0 amide bonds. The molecule has 1 aromatic rings. The number of hydrogen-bond donors (Lipinski definition) is 0. The van der Waals surface area contributed by atoms with Crippen molar-refractivity contribution in [3.8, 4) is 17.6 Å². The van der Waals surface area contributed by atoms with Crippen molar-refractivity contribution < 1.29 is 18.3 Å². The molecule has 0 unspecified atom stereocenters. The van der Waals surface area contributed by atoms with Crippen molar-refractivity contribution >= 4 is 0 Å². The van der Waals surface area contributed by atoms with Crippen LogP contribution in [-0.4, -0.2) is 19.6 Å². The molecule has 1 rings (SSSR count). The minimum atomic E-state index is -2.54. The van der Waals surface area contributed by atoms with Crippen LogP contribution in [0.15, 0.2) is 18.2 Å². The molecule has 86 valence electrons. The number of rotatable bonds is 5. The summed E-state index contributed by atoms with van der Waals surface area (Å²) in [5.74, 6) is 0.531. The van der Waals surface area contributed by atoms with Gasteiger partial charge in [0, 0.05) is 6.07 Å².